The molecule has 1 aliphatic heterocycles. The molecule has 2 heterocycles. The topological polar surface area (TPSA) is 73.2 Å². The standard InChI is InChI=1S/C26H25N3O2S/c1-18-22(26(31)29-15-6-3-7-16-29)25(32-23(18)20-10-4-2-5-11-20)28-24(30)21-12-8-9-19(17-21)13-14-27/h2,4-5,8-12,17H,3,6-7,13,15-16H2,1H3,(H,28,30). The molecule has 5 nitrogen and oxygen atoms in total. The van der Waals surface area contributed by atoms with Crippen molar-refractivity contribution in [1.82, 2.24) is 4.90 Å². The first-order valence-electron chi connectivity index (χ1n) is 10.8. The number of hydrogen-bond donors (Lipinski definition) is 1. The number of carbonyl (C=O) groups is 2. The van der Waals surface area contributed by atoms with E-state index >= 15 is 0 Å². The van der Waals surface area contributed by atoms with Crippen molar-refractivity contribution in [2.75, 3.05) is 18.4 Å². The summed E-state index contributed by atoms with van der Waals surface area (Å²) < 4.78 is 0. The molecule has 162 valence electrons. The number of carbonyl (C=O) groups excluding carboxylic acids is 2. The van der Waals surface area contributed by atoms with Crippen LogP contribution in [0.5, 0.6) is 0 Å². The molecule has 1 aromatic heterocycles. The van der Waals surface area contributed by atoms with Gasteiger partial charge in [-0.2, -0.15) is 5.26 Å². The fourth-order valence-corrected chi connectivity index (χ4v) is 5.27. The normalized spacial score (nSPS) is 13.4. The Morgan fingerprint density at radius 3 is 2.53 bits per heavy atom. The van der Waals surface area contributed by atoms with E-state index in [2.05, 4.69) is 11.4 Å². The number of benzene rings is 2. The molecular formula is C26H25N3O2S. The Morgan fingerprint density at radius 1 is 1.06 bits per heavy atom. The van der Waals surface area contributed by atoms with Crippen LogP contribution in [0.4, 0.5) is 5.00 Å². The molecule has 4 rings (SSSR count). The third kappa shape index (κ3) is 4.58. The third-order valence-electron chi connectivity index (χ3n) is 5.74. The minimum Gasteiger partial charge on any atom is -0.339 e. The zero-order valence-corrected chi connectivity index (χ0v) is 18.9. The molecule has 32 heavy (non-hydrogen) atoms. The first-order valence-corrected chi connectivity index (χ1v) is 11.7. The van der Waals surface area contributed by atoms with Crippen molar-refractivity contribution < 1.29 is 9.59 Å². The SMILES string of the molecule is Cc1c(-c2ccccc2)sc(NC(=O)c2cccc(CC#N)c2)c1C(=O)N1CCCCC1. The maximum absolute atomic E-state index is 13.5. The van der Waals surface area contributed by atoms with E-state index in [4.69, 9.17) is 5.26 Å². The molecule has 1 N–H and O–H groups in total. The van der Waals surface area contributed by atoms with Gasteiger partial charge >= 0.3 is 0 Å². The molecule has 0 atom stereocenters. The average molecular weight is 444 g/mol. The Hall–Kier alpha value is -3.43. The molecule has 0 aliphatic carbocycles. The average Bonchev–Trinajstić information content (AvgIpc) is 3.15. The van der Waals surface area contributed by atoms with E-state index in [9.17, 15) is 9.59 Å². The van der Waals surface area contributed by atoms with Gasteiger partial charge in [0.15, 0.2) is 0 Å². The molecule has 0 saturated carbocycles. The lowest BCUT2D eigenvalue weighted by molar-refractivity contribution is 0.0725. The Kier molecular flexibility index (Phi) is 6.67. The zero-order valence-electron chi connectivity index (χ0n) is 18.1. The van der Waals surface area contributed by atoms with Crippen LogP contribution in [0, 0.1) is 18.3 Å². The Balaban J connectivity index is 1.71. The van der Waals surface area contributed by atoms with Gasteiger partial charge in [-0.25, -0.2) is 0 Å². The molecule has 0 radical (unpaired) electrons. The number of rotatable bonds is 5. The summed E-state index contributed by atoms with van der Waals surface area (Å²) >= 11 is 1.44. The highest BCUT2D eigenvalue weighted by molar-refractivity contribution is 7.20. The summed E-state index contributed by atoms with van der Waals surface area (Å²) in [5.74, 6) is -0.299. The van der Waals surface area contributed by atoms with E-state index in [-0.39, 0.29) is 18.2 Å². The van der Waals surface area contributed by atoms with Crippen LogP contribution >= 0.6 is 11.3 Å². The summed E-state index contributed by atoms with van der Waals surface area (Å²) in [7, 11) is 0. The van der Waals surface area contributed by atoms with E-state index < -0.39 is 0 Å². The maximum atomic E-state index is 13.5. The number of likely N-dealkylation sites (tertiary alicyclic amines) is 1. The highest BCUT2D eigenvalue weighted by Gasteiger charge is 2.28. The van der Waals surface area contributed by atoms with E-state index in [1.807, 2.05) is 48.2 Å². The summed E-state index contributed by atoms with van der Waals surface area (Å²) in [6.45, 7) is 3.45. The number of hydrogen-bond acceptors (Lipinski definition) is 4. The van der Waals surface area contributed by atoms with Gasteiger partial charge in [-0.3, -0.25) is 9.59 Å². The van der Waals surface area contributed by atoms with Crippen molar-refractivity contribution in [1.29, 1.82) is 5.26 Å². The summed E-state index contributed by atoms with van der Waals surface area (Å²) in [6, 6.07) is 19.1. The van der Waals surface area contributed by atoms with Crippen molar-refractivity contribution in [2.45, 2.75) is 32.6 Å². The largest absolute Gasteiger partial charge is 0.339 e. The lowest BCUT2D eigenvalue weighted by atomic mass is 10.0. The number of anilines is 1. The number of amides is 2. The van der Waals surface area contributed by atoms with E-state index in [0.29, 0.717) is 16.1 Å². The summed E-state index contributed by atoms with van der Waals surface area (Å²) in [4.78, 5) is 29.4. The predicted octanol–water partition coefficient (Wildman–Crippen LogP) is 5.67. The summed E-state index contributed by atoms with van der Waals surface area (Å²) in [5, 5.41) is 12.5. The van der Waals surface area contributed by atoms with Crippen molar-refractivity contribution in [3.05, 3.63) is 76.9 Å². The Bertz CT molecular complexity index is 1170. The number of piperidine rings is 1. The molecule has 0 spiro atoms. The van der Waals surface area contributed by atoms with Crippen LogP contribution in [0.1, 0.15) is 51.1 Å². The van der Waals surface area contributed by atoms with Crippen LogP contribution in [-0.2, 0) is 6.42 Å². The molecule has 3 aromatic rings. The van der Waals surface area contributed by atoms with Crippen molar-refractivity contribution in [3.8, 4) is 16.5 Å². The molecule has 1 saturated heterocycles. The van der Waals surface area contributed by atoms with E-state index in [1.54, 1.807) is 18.2 Å². The molecule has 0 unspecified atom stereocenters. The lowest BCUT2D eigenvalue weighted by Crippen LogP contribution is -2.36. The number of nitrogens with one attached hydrogen (secondary N) is 1. The first-order chi connectivity index (χ1) is 15.6. The van der Waals surface area contributed by atoms with Gasteiger partial charge < -0.3 is 10.2 Å². The van der Waals surface area contributed by atoms with Crippen LogP contribution in [-0.4, -0.2) is 29.8 Å². The van der Waals surface area contributed by atoms with Gasteiger partial charge in [-0.05, 0) is 55.0 Å². The smallest absolute Gasteiger partial charge is 0.257 e. The minimum atomic E-state index is -0.279. The van der Waals surface area contributed by atoms with Gasteiger partial charge in [-0.15, -0.1) is 11.3 Å². The molecule has 1 fully saturated rings. The van der Waals surface area contributed by atoms with Gasteiger partial charge in [0.25, 0.3) is 11.8 Å². The molecule has 0 bridgehead atoms. The lowest BCUT2D eigenvalue weighted by Gasteiger charge is -2.27. The fraction of sp³-hybridized carbons (Fsp3) is 0.269. The molecule has 2 amide bonds. The monoisotopic (exact) mass is 443 g/mol. The van der Waals surface area contributed by atoms with Crippen LogP contribution < -0.4 is 5.32 Å². The Morgan fingerprint density at radius 2 is 1.81 bits per heavy atom. The number of thiophene rings is 1. The fourth-order valence-electron chi connectivity index (χ4n) is 4.07. The van der Waals surface area contributed by atoms with Crippen LogP contribution in [0.15, 0.2) is 54.6 Å². The molecule has 1 aliphatic rings. The van der Waals surface area contributed by atoms with E-state index in [1.165, 1.54) is 11.3 Å². The maximum Gasteiger partial charge on any atom is 0.257 e. The second-order valence-electron chi connectivity index (χ2n) is 7.97. The van der Waals surface area contributed by atoms with Gasteiger partial charge in [0.05, 0.1) is 18.1 Å². The predicted molar refractivity (Wildman–Crippen MR) is 128 cm³/mol. The van der Waals surface area contributed by atoms with Gasteiger partial charge in [-0.1, -0.05) is 42.5 Å². The second kappa shape index (κ2) is 9.80. The van der Waals surface area contributed by atoms with Crippen LogP contribution in [0.3, 0.4) is 0 Å². The number of nitrogens with zero attached hydrogens (tertiary/aromatic N) is 2. The Labute approximate surface area is 192 Å². The zero-order chi connectivity index (χ0) is 22.5. The van der Waals surface area contributed by atoms with Crippen molar-refractivity contribution >= 4 is 28.2 Å². The highest BCUT2D eigenvalue weighted by Crippen LogP contribution is 2.41. The second-order valence-corrected chi connectivity index (χ2v) is 8.99. The van der Waals surface area contributed by atoms with Gasteiger partial charge in [0.2, 0.25) is 0 Å². The van der Waals surface area contributed by atoms with Crippen molar-refractivity contribution in [2.24, 2.45) is 0 Å². The van der Waals surface area contributed by atoms with Crippen LogP contribution in [0.2, 0.25) is 0 Å². The first kappa shape index (κ1) is 21.8. The highest BCUT2D eigenvalue weighted by atomic mass is 32.1. The summed E-state index contributed by atoms with van der Waals surface area (Å²) in [6.07, 6.45) is 3.40. The van der Waals surface area contributed by atoms with Gasteiger partial charge in [0.1, 0.15) is 5.00 Å². The number of nitriles is 1. The molecule has 6 heteroatoms. The quantitative estimate of drug-likeness (QED) is 0.552. The minimum absolute atomic E-state index is 0.0193. The third-order valence-corrected chi connectivity index (χ3v) is 7.00. The van der Waals surface area contributed by atoms with E-state index in [0.717, 1.165) is 53.9 Å². The van der Waals surface area contributed by atoms with Gasteiger partial charge in [0, 0.05) is 23.5 Å². The van der Waals surface area contributed by atoms with Crippen molar-refractivity contribution in [3.63, 3.8) is 0 Å². The van der Waals surface area contributed by atoms with Crippen LogP contribution in [0.25, 0.3) is 10.4 Å². The molecule has 2 aromatic carbocycles. The molecular weight excluding hydrogens is 418 g/mol. The summed E-state index contributed by atoms with van der Waals surface area (Å²) in [5.41, 5.74) is 3.76.